The standard InChI is InChI=1S/C22H18F2N2O2/c23-18-11-5-15(6-12-18)13-14-25-21(27)16-7-9-17(10-8-16)22(28)26-20-4-2-1-3-19(20)24/h1-12H,13-14H2,(H,25,27)(H,26,28). The molecular weight excluding hydrogens is 362 g/mol. The summed E-state index contributed by atoms with van der Waals surface area (Å²) in [7, 11) is 0. The molecule has 2 amide bonds. The highest BCUT2D eigenvalue weighted by Crippen LogP contribution is 2.14. The van der Waals surface area contributed by atoms with E-state index in [0.29, 0.717) is 24.1 Å². The molecule has 2 N–H and O–H groups in total. The topological polar surface area (TPSA) is 58.2 Å². The summed E-state index contributed by atoms with van der Waals surface area (Å²) in [5.41, 5.74) is 1.73. The van der Waals surface area contributed by atoms with Crippen molar-refractivity contribution < 1.29 is 18.4 Å². The van der Waals surface area contributed by atoms with Gasteiger partial charge in [0.25, 0.3) is 11.8 Å². The predicted molar refractivity (Wildman–Crippen MR) is 103 cm³/mol. The van der Waals surface area contributed by atoms with Gasteiger partial charge in [-0.05, 0) is 60.5 Å². The van der Waals surface area contributed by atoms with Crippen LogP contribution < -0.4 is 10.6 Å². The monoisotopic (exact) mass is 380 g/mol. The fourth-order valence-electron chi connectivity index (χ4n) is 2.60. The smallest absolute Gasteiger partial charge is 0.255 e. The van der Waals surface area contributed by atoms with E-state index in [1.54, 1.807) is 18.2 Å². The fraction of sp³-hybridized carbons (Fsp3) is 0.0909. The van der Waals surface area contributed by atoms with E-state index >= 15 is 0 Å². The lowest BCUT2D eigenvalue weighted by atomic mass is 10.1. The van der Waals surface area contributed by atoms with Crippen LogP contribution in [-0.4, -0.2) is 18.4 Å². The van der Waals surface area contributed by atoms with Crippen LogP contribution in [0.1, 0.15) is 26.3 Å². The largest absolute Gasteiger partial charge is 0.352 e. The third-order valence-electron chi connectivity index (χ3n) is 4.14. The molecule has 0 heterocycles. The van der Waals surface area contributed by atoms with Gasteiger partial charge in [-0.2, -0.15) is 0 Å². The molecule has 0 aromatic heterocycles. The normalized spacial score (nSPS) is 10.4. The summed E-state index contributed by atoms with van der Waals surface area (Å²) in [6, 6.07) is 18.1. The Morgan fingerprint density at radius 1 is 0.750 bits per heavy atom. The van der Waals surface area contributed by atoms with Gasteiger partial charge in [0, 0.05) is 17.7 Å². The lowest BCUT2D eigenvalue weighted by Crippen LogP contribution is -2.25. The second-order valence-electron chi connectivity index (χ2n) is 6.14. The van der Waals surface area contributed by atoms with Crippen LogP contribution >= 0.6 is 0 Å². The number of para-hydroxylation sites is 1. The van der Waals surface area contributed by atoms with Crippen molar-refractivity contribution in [3.8, 4) is 0 Å². The highest BCUT2D eigenvalue weighted by atomic mass is 19.1. The summed E-state index contributed by atoms with van der Waals surface area (Å²) in [5.74, 6) is -1.56. The molecular formula is C22H18F2N2O2. The van der Waals surface area contributed by atoms with E-state index in [1.807, 2.05) is 0 Å². The molecule has 3 aromatic rings. The van der Waals surface area contributed by atoms with E-state index in [4.69, 9.17) is 0 Å². The predicted octanol–water partition coefficient (Wildman–Crippen LogP) is 4.19. The van der Waals surface area contributed by atoms with Gasteiger partial charge >= 0.3 is 0 Å². The summed E-state index contributed by atoms with van der Waals surface area (Å²) >= 11 is 0. The minimum absolute atomic E-state index is 0.0927. The third-order valence-corrected chi connectivity index (χ3v) is 4.14. The molecule has 3 rings (SSSR count). The van der Waals surface area contributed by atoms with Gasteiger partial charge in [-0.25, -0.2) is 8.78 Å². The molecule has 4 nitrogen and oxygen atoms in total. The zero-order chi connectivity index (χ0) is 19.9. The zero-order valence-corrected chi connectivity index (χ0v) is 14.9. The van der Waals surface area contributed by atoms with Crippen molar-refractivity contribution in [3.63, 3.8) is 0 Å². The van der Waals surface area contributed by atoms with Crippen molar-refractivity contribution in [2.45, 2.75) is 6.42 Å². The molecule has 0 fully saturated rings. The molecule has 0 unspecified atom stereocenters. The lowest BCUT2D eigenvalue weighted by molar-refractivity contribution is 0.0952. The van der Waals surface area contributed by atoms with Crippen molar-refractivity contribution in [3.05, 3.63) is 101 Å². The summed E-state index contributed by atoms with van der Waals surface area (Å²) in [4.78, 5) is 24.4. The molecule has 28 heavy (non-hydrogen) atoms. The Kier molecular flexibility index (Phi) is 6.11. The molecule has 142 valence electrons. The fourth-order valence-corrected chi connectivity index (χ4v) is 2.60. The number of hydrogen-bond acceptors (Lipinski definition) is 2. The maximum Gasteiger partial charge on any atom is 0.255 e. The number of rotatable bonds is 6. The first-order valence-electron chi connectivity index (χ1n) is 8.71. The van der Waals surface area contributed by atoms with Crippen LogP contribution in [0.2, 0.25) is 0 Å². The van der Waals surface area contributed by atoms with E-state index < -0.39 is 11.7 Å². The summed E-state index contributed by atoms with van der Waals surface area (Å²) in [5, 5.41) is 5.27. The van der Waals surface area contributed by atoms with Crippen LogP contribution in [0.25, 0.3) is 0 Å². The van der Waals surface area contributed by atoms with E-state index in [0.717, 1.165) is 5.56 Å². The number of benzene rings is 3. The number of hydrogen-bond donors (Lipinski definition) is 2. The Morgan fingerprint density at radius 2 is 1.36 bits per heavy atom. The van der Waals surface area contributed by atoms with Crippen molar-refractivity contribution in [2.24, 2.45) is 0 Å². The van der Waals surface area contributed by atoms with Gasteiger partial charge in [-0.15, -0.1) is 0 Å². The van der Waals surface area contributed by atoms with Crippen molar-refractivity contribution in [2.75, 3.05) is 11.9 Å². The van der Waals surface area contributed by atoms with Crippen molar-refractivity contribution in [1.29, 1.82) is 0 Å². The second kappa shape index (κ2) is 8.90. The van der Waals surface area contributed by atoms with Gasteiger partial charge in [-0.3, -0.25) is 9.59 Å². The SMILES string of the molecule is O=C(NCCc1ccc(F)cc1)c1ccc(C(=O)Nc2ccccc2F)cc1. The number of amides is 2. The van der Waals surface area contributed by atoms with Crippen LogP contribution in [-0.2, 0) is 6.42 Å². The molecule has 6 heteroatoms. The van der Waals surface area contributed by atoms with Gasteiger partial charge in [0.1, 0.15) is 11.6 Å². The first-order chi connectivity index (χ1) is 13.5. The van der Waals surface area contributed by atoms with Crippen molar-refractivity contribution >= 4 is 17.5 Å². The van der Waals surface area contributed by atoms with E-state index in [-0.39, 0.29) is 17.4 Å². The molecule has 0 aliphatic rings. The molecule has 0 spiro atoms. The zero-order valence-electron chi connectivity index (χ0n) is 14.9. The third kappa shape index (κ3) is 5.01. The quantitative estimate of drug-likeness (QED) is 0.674. The minimum atomic E-state index is -0.520. The van der Waals surface area contributed by atoms with Crippen LogP contribution in [0.15, 0.2) is 72.8 Å². The van der Waals surface area contributed by atoms with Gasteiger partial charge < -0.3 is 10.6 Å². The van der Waals surface area contributed by atoms with Gasteiger partial charge in [0.05, 0.1) is 5.69 Å². The highest BCUT2D eigenvalue weighted by molar-refractivity contribution is 6.05. The number of anilines is 1. The summed E-state index contributed by atoms with van der Waals surface area (Å²) < 4.78 is 26.5. The second-order valence-corrected chi connectivity index (χ2v) is 6.14. The maximum absolute atomic E-state index is 13.6. The average molecular weight is 380 g/mol. The lowest BCUT2D eigenvalue weighted by Gasteiger charge is -2.08. The molecule has 0 bridgehead atoms. The van der Waals surface area contributed by atoms with E-state index in [9.17, 15) is 18.4 Å². The Hall–Kier alpha value is -3.54. The van der Waals surface area contributed by atoms with Gasteiger partial charge in [0.15, 0.2) is 0 Å². The molecule has 0 radical (unpaired) electrons. The first kappa shape index (κ1) is 19.2. The molecule has 0 saturated carbocycles. The highest BCUT2D eigenvalue weighted by Gasteiger charge is 2.11. The van der Waals surface area contributed by atoms with Crippen molar-refractivity contribution in [1.82, 2.24) is 5.32 Å². The van der Waals surface area contributed by atoms with E-state index in [2.05, 4.69) is 10.6 Å². The Labute approximate surface area is 161 Å². The van der Waals surface area contributed by atoms with Crippen LogP contribution in [0.3, 0.4) is 0 Å². The Balaban J connectivity index is 1.54. The molecule has 0 aliphatic heterocycles. The average Bonchev–Trinajstić information content (AvgIpc) is 2.71. The van der Waals surface area contributed by atoms with Crippen LogP contribution in [0, 0.1) is 11.6 Å². The van der Waals surface area contributed by atoms with E-state index in [1.165, 1.54) is 54.6 Å². The number of halogens is 2. The molecule has 0 atom stereocenters. The number of carbonyl (C=O) groups is 2. The van der Waals surface area contributed by atoms with Gasteiger partial charge in [-0.1, -0.05) is 24.3 Å². The minimum Gasteiger partial charge on any atom is -0.352 e. The maximum atomic E-state index is 13.6. The van der Waals surface area contributed by atoms with Crippen LogP contribution in [0.4, 0.5) is 14.5 Å². The number of carbonyl (C=O) groups excluding carboxylic acids is 2. The van der Waals surface area contributed by atoms with Gasteiger partial charge in [0.2, 0.25) is 0 Å². The molecule has 3 aromatic carbocycles. The number of nitrogens with one attached hydrogen (secondary N) is 2. The van der Waals surface area contributed by atoms with Crippen LogP contribution in [0.5, 0.6) is 0 Å². The first-order valence-corrected chi connectivity index (χ1v) is 8.71. The summed E-state index contributed by atoms with van der Waals surface area (Å²) in [6.45, 7) is 0.403. The summed E-state index contributed by atoms with van der Waals surface area (Å²) in [6.07, 6.45) is 0.579. The molecule has 0 aliphatic carbocycles. The Bertz CT molecular complexity index is 971. The Morgan fingerprint density at radius 3 is 2.00 bits per heavy atom. The molecule has 0 saturated heterocycles.